The average Bonchev–Trinajstić information content (AvgIpc) is 2.41. The van der Waals surface area contributed by atoms with Crippen molar-refractivity contribution in [2.24, 2.45) is 0 Å². The molecule has 21 heavy (non-hydrogen) atoms. The Morgan fingerprint density at radius 2 is 1.76 bits per heavy atom. The first kappa shape index (κ1) is 16.5. The summed E-state index contributed by atoms with van der Waals surface area (Å²) in [7, 11) is 1.77. The van der Waals surface area contributed by atoms with E-state index in [4.69, 9.17) is 4.74 Å². The summed E-state index contributed by atoms with van der Waals surface area (Å²) >= 11 is 0. The fourth-order valence-electron chi connectivity index (χ4n) is 3.28. The highest BCUT2D eigenvalue weighted by atomic mass is 16.5. The minimum atomic E-state index is -0.427. The van der Waals surface area contributed by atoms with Crippen LogP contribution in [0.4, 0.5) is 0 Å². The van der Waals surface area contributed by atoms with Crippen LogP contribution in [-0.4, -0.2) is 17.8 Å². The maximum atomic E-state index is 10.7. The number of methoxy groups -OCH3 is 1. The SMILES string of the molecule is COC1(CC(O)c2ccc(C(C)C)cc2C(C)C)CCC1. The summed E-state index contributed by atoms with van der Waals surface area (Å²) in [6.45, 7) is 8.82. The highest BCUT2D eigenvalue weighted by Gasteiger charge is 2.39. The van der Waals surface area contributed by atoms with Crippen molar-refractivity contribution in [3.8, 4) is 0 Å². The van der Waals surface area contributed by atoms with E-state index in [1.165, 1.54) is 17.5 Å². The Hall–Kier alpha value is -0.860. The number of rotatable bonds is 6. The van der Waals surface area contributed by atoms with E-state index in [1.54, 1.807) is 7.11 Å². The largest absolute Gasteiger partial charge is 0.388 e. The topological polar surface area (TPSA) is 29.5 Å². The van der Waals surface area contributed by atoms with E-state index in [1.807, 2.05) is 0 Å². The molecule has 2 heteroatoms. The molecule has 1 saturated carbocycles. The Bertz CT molecular complexity index is 467. The van der Waals surface area contributed by atoms with E-state index >= 15 is 0 Å². The predicted octanol–water partition coefficient (Wildman–Crippen LogP) is 4.93. The first-order valence-electron chi connectivity index (χ1n) is 8.25. The smallest absolute Gasteiger partial charge is 0.0820 e. The third-order valence-corrected chi connectivity index (χ3v) is 5.02. The van der Waals surface area contributed by atoms with Gasteiger partial charge in [0.1, 0.15) is 0 Å². The molecule has 0 aromatic heterocycles. The average molecular weight is 290 g/mol. The first-order chi connectivity index (χ1) is 9.88. The molecule has 0 bridgehead atoms. The minimum absolute atomic E-state index is 0.0929. The molecule has 0 amide bonds. The van der Waals surface area contributed by atoms with Crippen LogP contribution in [0.5, 0.6) is 0 Å². The maximum absolute atomic E-state index is 10.7. The third kappa shape index (κ3) is 3.49. The van der Waals surface area contributed by atoms with Crippen LogP contribution in [-0.2, 0) is 4.74 Å². The lowest BCUT2D eigenvalue weighted by molar-refractivity contribution is -0.1000. The van der Waals surface area contributed by atoms with Crippen molar-refractivity contribution in [1.82, 2.24) is 0 Å². The van der Waals surface area contributed by atoms with Gasteiger partial charge in [-0.1, -0.05) is 45.9 Å². The van der Waals surface area contributed by atoms with Gasteiger partial charge in [-0.15, -0.1) is 0 Å². The summed E-state index contributed by atoms with van der Waals surface area (Å²) < 4.78 is 5.67. The molecule has 0 aliphatic heterocycles. The zero-order valence-corrected chi connectivity index (χ0v) is 14.1. The monoisotopic (exact) mass is 290 g/mol. The first-order valence-corrected chi connectivity index (χ1v) is 8.25. The molecule has 1 aliphatic rings. The summed E-state index contributed by atoms with van der Waals surface area (Å²) in [6, 6.07) is 6.56. The number of aliphatic hydroxyl groups is 1. The van der Waals surface area contributed by atoms with Gasteiger partial charge in [-0.05, 0) is 47.8 Å². The molecule has 1 atom stereocenters. The Labute approximate surface area is 129 Å². The van der Waals surface area contributed by atoms with Gasteiger partial charge in [0, 0.05) is 13.5 Å². The standard InChI is InChI=1S/C19H30O2/c1-13(2)15-7-8-16(17(11-15)14(3)4)18(20)12-19(21-5)9-6-10-19/h7-8,11,13-14,18,20H,6,9-10,12H2,1-5H3. The molecule has 0 saturated heterocycles. The van der Waals surface area contributed by atoms with E-state index in [-0.39, 0.29) is 5.60 Å². The minimum Gasteiger partial charge on any atom is -0.388 e. The molecule has 1 aliphatic carbocycles. The van der Waals surface area contributed by atoms with Gasteiger partial charge in [-0.2, -0.15) is 0 Å². The van der Waals surface area contributed by atoms with Crippen molar-refractivity contribution >= 4 is 0 Å². The van der Waals surface area contributed by atoms with Gasteiger partial charge in [0.15, 0.2) is 0 Å². The van der Waals surface area contributed by atoms with Crippen LogP contribution in [0.2, 0.25) is 0 Å². The summed E-state index contributed by atoms with van der Waals surface area (Å²) in [5.41, 5.74) is 3.61. The van der Waals surface area contributed by atoms with Crippen molar-refractivity contribution in [2.45, 2.75) is 76.9 Å². The number of aliphatic hydroxyl groups excluding tert-OH is 1. The number of hydrogen-bond acceptors (Lipinski definition) is 2. The van der Waals surface area contributed by atoms with Crippen molar-refractivity contribution in [3.63, 3.8) is 0 Å². The zero-order chi connectivity index (χ0) is 15.6. The van der Waals surface area contributed by atoms with Gasteiger partial charge >= 0.3 is 0 Å². The summed E-state index contributed by atoms with van der Waals surface area (Å²) in [6.07, 6.45) is 3.64. The number of benzene rings is 1. The summed E-state index contributed by atoms with van der Waals surface area (Å²) in [5.74, 6) is 0.943. The lowest BCUT2D eigenvalue weighted by Gasteiger charge is -2.42. The molecular weight excluding hydrogens is 260 g/mol. The predicted molar refractivity (Wildman–Crippen MR) is 87.8 cm³/mol. The van der Waals surface area contributed by atoms with Gasteiger partial charge < -0.3 is 9.84 Å². The van der Waals surface area contributed by atoms with Crippen LogP contribution in [0, 0.1) is 0 Å². The Balaban J connectivity index is 2.25. The van der Waals surface area contributed by atoms with Gasteiger partial charge in [0.2, 0.25) is 0 Å². The molecule has 1 aromatic rings. The fourth-order valence-corrected chi connectivity index (χ4v) is 3.28. The van der Waals surface area contributed by atoms with Crippen LogP contribution >= 0.6 is 0 Å². The second kappa shape index (κ2) is 6.50. The van der Waals surface area contributed by atoms with E-state index in [2.05, 4.69) is 45.9 Å². The lowest BCUT2D eigenvalue weighted by Crippen LogP contribution is -2.40. The fraction of sp³-hybridized carbons (Fsp3) is 0.684. The van der Waals surface area contributed by atoms with Gasteiger partial charge in [-0.25, -0.2) is 0 Å². The molecule has 1 aromatic carbocycles. The van der Waals surface area contributed by atoms with E-state index in [0.29, 0.717) is 18.3 Å². The molecule has 2 rings (SSSR count). The lowest BCUT2D eigenvalue weighted by atomic mass is 9.74. The van der Waals surface area contributed by atoms with Crippen LogP contribution in [0.1, 0.15) is 88.0 Å². The molecule has 1 unspecified atom stereocenters. The molecule has 0 radical (unpaired) electrons. The third-order valence-electron chi connectivity index (χ3n) is 5.02. The number of hydrogen-bond donors (Lipinski definition) is 1. The van der Waals surface area contributed by atoms with Crippen molar-refractivity contribution < 1.29 is 9.84 Å². The molecule has 1 fully saturated rings. The summed E-state index contributed by atoms with van der Waals surface area (Å²) in [4.78, 5) is 0. The second-order valence-corrected chi connectivity index (χ2v) is 7.16. The Morgan fingerprint density at radius 1 is 1.10 bits per heavy atom. The Morgan fingerprint density at radius 3 is 2.19 bits per heavy atom. The van der Waals surface area contributed by atoms with Crippen molar-refractivity contribution in [3.05, 3.63) is 34.9 Å². The molecule has 0 heterocycles. The number of ether oxygens (including phenoxy) is 1. The quantitative estimate of drug-likeness (QED) is 0.805. The van der Waals surface area contributed by atoms with Crippen LogP contribution < -0.4 is 0 Å². The van der Waals surface area contributed by atoms with Crippen molar-refractivity contribution in [2.75, 3.05) is 7.11 Å². The van der Waals surface area contributed by atoms with E-state index < -0.39 is 6.10 Å². The van der Waals surface area contributed by atoms with Gasteiger partial charge in [-0.3, -0.25) is 0 Å². The van der Waals surface area contributed by atoms with E-state index in [0.717, 1.165) is 18.4 Å². The summed E-state index contributed by atoms with van der Waals surface area (Å²) in [5, 5.41) is 10.7. The second-order valence-electron chi connectivity index (χ2n) is 7.16. The van der Waals surface area contributed by atoms with Crippen LogP contribution in [0.25, 0.3) is 0 Å². The molecule has 2 nitrogen and oxygen atoms in total. The normalized spacial score (nSPS) is 18.9. The Kier molecular flexibility index (Phi) is 5.11. The highest BCUT2D eigenvalue weighted by Crippen LogP contribution is 2.43. The van der Waals surface area contributed by atoms with Gasteiger partial charge in [0.25, 0.3) is 0 Å². The molecular formula is C19H30O2. The van der Waals surface area contributed by atoms with E-state index in [9.17, 15) is 5.11 Å². The van der Waals surface area contributed by atoms with Crippen LogP contribution in [0.15, 0.2) is 18.2 Å². The maximum Gasteiger partial charge on any atom is 0.0820 e. The molecule has 0 spiro atoms. The zero-order valence-electron chi connectivity index (χ0n) is 14.1. The van der Waals surface area contributed by atoms with Crippen molar-refractivity contribution in [1.29, 1.82) is 0 Å². The highest BCUT2D eigenvalue weighted by molar-refractivity contribution is 5.37. The molecule has 1 N–H and O–H groups in total. The molecule has 118 valence electrons. The van der Waals surface area contributed by atoms with Gasteiger partial charge in [0.05, 0.1) is 11.7 Å². The van der Waals surface area contributed by atoms with Crippen LogP contribution in [0.3, 0.4) is 0 Å².